The van der Waals surface area contributed by atoms with Crippen molar-refractivity contribution in [1.82, 2.24) is 95.7 Å². The Hall–Kier alpha value is -12.9. The molecule has 18 atom stereocenters. The highest BCUT2D eigenvalue weighted by Crippen LogP contribution is 2.16. The molecule has 0 aliphatic rings. The van der Waals surface area contributed by atoms with E-state index in [9.17, 15) is 156 Å². The third-order valence-corrected chi connectivity index (χ3v) is 21.0. The average Bonchev–Trinajstić information content (AvgIpc) is 0.843. The summed E-state index contributed by atoms with van der Waals surface area (Å²) in [5.41, 5.74) is 11.0. The maximum Gasteiger partial charge on any atom is 0.326 e. The van der Waals surface area contributed by atoms with E-state index in [2.05, 4.69) is 74.4 Å². The highest BCUT2D eigenvalue weighted by molar-refractivity contribution is 7.98. The number of carbonyl (C=O) groups is 24. The van der Waals surface area contributed by atoms with Gasteiger partial charge in [-0.15, -0.1) is 0 Å². The third kappa shape index (κ3) is 49.9. The Balaban J connectivity index is 6.84. The molecule has 0 spiro atoms. The lowest BCUT2D eigenvalue weighted by molar-refractivity contribution is -0.145. The molecule has 17 amide bonds. The molecule has 0 rings (SSSR count). The summed E-state index contributed by atoms with van der Waals surface area (Å²) < 4.78 is 0. The van der Waals surface area contributed by atoms with Crippen LogP contribution < -0.4 is 107 Å². The molecule has 0 unspecified atom stereocenters. The molecule has 0 aliphatic heterocycles. The van der Waals surface area contributed by atoms with Crippen LogP contribution in [0.2, 0.25) is 0 Å². The fraction of sp³-hybridized carbons (Fsp3) is 0.688. The molecule has 0 saturated carbocycles. The fourth-order valence-corrected chi connectivity index (χ4v) is 13.3. The van der Waals surface area contributed by atoms with Crippen LogP contribution in [0.5, 0.6) is 0 Å². The number of thioether (sulfide) groups is 2. The van der Waals surface area contributed by atoms with Crippen molar-refractivity contribution in [3.05, 3.63) is 0 Å². The van der Waals surface area contributed by atoms with E-state index in [0.29, 0.717) is 0 Å². The number of hydrogen-bond acceptors (Lipinski definition) is 31. The summed E-state index contributed by atoms with van der Waals surface area (Å²) in [7, 11) is 0. The van der Waals surface area contributed by atoms with Gasteiger partial charge in [0.25, 0.3) is 0 Å². The molecule has 0 fully saturated rings. The first-order valence-corrected chi connectivity index (χ1v) is 46.0. The van der Waals surface area contributed by atoms with E-state index in [4.69, 9.17) is 27.1 Å². The Kier molecular flexibility index (Phi) is 58.1. The summed E-state index contributed by atoms with van der Waals surface area (Å²) in [5, 5.41) is 147. The number of aliphatic hydroxyl groups is 3. The molecule has 57 heteroatoms. The number of carbonyl (C=O) groups excluding carboxylic acids is 17. The predicted molar refractivity (Wildman–Crippen MR) is 482 cm³/mol. The first kappa shape index (κ1) is 124. The SMILES string of the molecule is CSCC[C@H](NC(=O)[C@H](C)NC(=O)[C@H](CCCNC(=N)N)NC(=O)CNC(=O)[C@H](CC(C)C)NC(=O)[C@H](CC(=O)O)NC(=O)[C@@H](N)CC(=O)O)C(=O)N[C@@H](CCC(=O)O)C(=O)N[C@@H](CO)C(=O)N[C@@H](CC(C)C)C(=O)N[C@H](C(=O)N[C@@H](CO)C(=O)N[C@H](C(=O)N[C@@H](CCSC)C(=O)N[C@H](C(=O)N[C@@H](CC(=O)O)C(=O)N[C@@H](CCC(=O)O)C(=O)N[C@@H](CCC(=O)O)C(=O)O)[C@@H](C)O)C(C)C)C(C)C. The Morgan fingerprint density at radius 3 is 0.993 bits per heavy atom. The third-order valence-electron chi connectivity index (χ3n) is 19.7. The van der Waals surface area contributed by atoms with Gasteiger partial charge >= 0.3 is 41.8 Å². The van der Waals surface area contributed by atoms with Crippen molar-refractivity contribution >= 4 is 172 Å². The van der Waals surface area contributed by atoms with Gasteiger partial charge in [0.1, 0.15) is 96.7 Å². The molecule has 137 heavy (non-hydrogen) atoms. The fourth-order valence-electron chi connectivity index (χ4n) is 12.4. The van der Waals surface area contributed by atoms with Gasteiger partial charge in [-0.1, -0.05) is 55.4 Å². The number of rotatable bonds is 69. The maximum absolute atomic E-state index is 14.3. The summed E-state index contributed by atoms with van der Waals surface area (Å²) >= 11 is 2.35. The van der Waals surface area contributed by atoms with Crippen molar-refractivity contribution in [2.24, 2.45) is 35.1 Å². The quantitative estimate of drug-likeness (QED) is 0.0153. The molecular weight excluding hydrogens is 1860 g/mol. The van der Waals surface area contributed by atoms with Crippen LogP contribution in [0.3, 0.4) is 0 Å². The number of aliphatic carboxylic acids is 7. The number of amides is 17. The van der Waals surface area contributed by atoms with E-state index in [1.165, 1.54) is 46.4 Å². The largest absolute Gasteiger partial charge is 0.481 e. The number of guanidine groups is 1. The average molecular weight is 2000 g/mol. The smallest absolute Gasteiger partial charge is 0.326 e. The summed E-state index contributed by atoms with van der Waals surface area (Å²) in [5.74, 6) is -33.9. The number of carboxylic acid groups (broad SMARTS) is 7. The van der Waals surface area contributed by atoms with E-state index >= 15 is 0 Å². The second-order valence-corrected chi connectivity index (χ2v) is 35.1. The lowest BCUT2D eigenvalue weighted by atomic mass is 9.99. The monoisotopic (exact) mass is 2000 g/mol. The Morgan fingerprint density at radius 1 is 0.314 bits per heavy atom. The number of aliphatic hydroxyl groups excluding tert-OH is 3. The van der Waals surface area contributed by atoms with Crippen LogP contribution in [-0.4, -0.2) is 358 Å². The highest BCUT2D eigenvalue weighted by Gasteiger charge is 2.41. The van der Waals surface area contributed by atoms with Crippen molar-refractivity contribution in [3.8, 4) is 0 Å². The van der Waals surface area contributed by atoms with Gasteiger partial charge in [-0.2, -0.15) is 23.5 Å². The molecule has 0 saturated heterocycles. The first-order valence-electron chi connectivity index (χ1n) is 43.2. The van der Waals surface area contributed by atoms with Gasteiger partial charge in [0, 0.05) is 25.8 Å². The molecule has 0 radical (unpaired) electrons. The van der Waals surface area contributed by atoms with Crippen LogP contribution in [-0.2, 0) is 115 Å². The van der Waals surface area contributed by atoms with Crippen molar-refractivity contribution in [1.29, 1.82) is 5.41 Å². The molecule has 0 bridgehead atoms. The Bertz CT molecular complexity index is 4200. The van der Waals surface area contributed by atoms with Crippen LogP contribution in [0.1, 0.15) is 166 Å². The van der Waals surface area contributed by atoms with Crippen molar-refractivity contribution in [3.63, 3.8) is 0 Å². The van der Waals surface area contributed by atoms with E-state index in [0.717, 1.165) is 18.7 Å². The van der Waals surface area contributed by atoms with Crippen LogP contribution in [0.25, 0.3) is 0 Å². The van der Waals surface area contributed by atoms with Gasteiger partial charge in [0.2, 0.25) is 100 Å². The van der Waals surface area contributed by atoms with Crippen LogP contribution >= 0.6 is 23.5 Å². The van der Waals surface area contributed by atoms with Crippen LogP contribution in [0, 0.1) is 29.1 Å². The van der Waals surface area contributed by atoms with Gasteiger partial charge in [0.05, 0.1) is 51.2 Å². The van der Waals surface area contributed by atoms with Crippen LogP contribution in [0.4, 0.5) is 0 Å². The molecule has 774 valence electrons. The van der Waals surface area contributed by atoms with E-state index < -0.39 is 352 Å². The molecule has 0 aliphatic carbocycles. The van der Waals surface area contributed by atoms with Gasteiger partial charge in [0.15, 0.2) is 5.96 Å². The molecule has 55 nitrogen and oxygen atoms in total. The van der Waals surface area contributed by atoms with Crippen molar-refractivity contribution in [2.45, 2.75) is 274 Å². The Morgan fingerprint density at radius 2 is 0.613 bits per heavy atom. The topological polar surface area (TPSA) is 904 Å². The second-order valence-electron chi connectivity index (χ2n) is 33.1. The minimum atomic E-state index is -2.18. The summed E-state index contributed by atoms with van der Waals surface area (Å²) in [6.07, 6.45) is -7.37. The molecular formula is C80H133N21O34S2. The summed E-state index contributed by atoms with van der Waals surface area (Å²) in [6.45, 7) is 11.1. The number of nitrogens with two attached hydrogens (primary N) is 2. The zero-order valence-corrected chi connectivity index (χ0v) is 79.4. The van der Waals surface area contributed by atoms with Crippen LogP contribution in [0.15, 0.2) is 0 Å². The van der Waals surface area contributed by atoms with Gasteiger partial charge < -0.3 is 158 Å². The highest BCUT2D eigenvalue weighted by atomic mass is 32.2. The number of nitrogens with one attached hydrogen (secondary N) is 19. The standard InChI is InChI=1S/C80H133N21O34S2/c1-34(2)26-47(94-72(127)49(29-58(114)115)93-64(119)40(81)28-57(112)113)65(120)85-31-53(105)87-41(14-13-23-84-80(82)83)66(121)86-38(9)63(118)88-44(21-24-136-11)69(124)89-43(16-19-55(108)109)68(123)97-51(32-102)74(129)95-48(27-35(3)4)73(128)99-61(37(7)8)77(132)98-52(33-103)75(130)100-60(36(5)6)76(131)91-45(22-25-137-12)70(125)101-62(39(10)104)78(133)96-50(30-59(116)117)71(126)90-42(15-18-54(106)107)67(122)92-46(79(134)135)17-20-56(110)111/h34-52,60-62,102-104H,13-33,81H2,1-12H3,(H,85,120)(H,86,121)(H,87,105)(H,88,118)(H,89,124)(H,90,126)(H,91,131)(H,92,122)(H,93,119)(H,94,127)(H,95,129)(H,96,133)(H,97,123)(H,98,132)(H,99,128)(H,100,130)(H,101,125)(H,106,107)(H,108,109)(H,110,111)(H,112,113)(H,114,115)(H,116,117)(H,134,135)(H4,82,83,84)/t38-,39+,40-,41-,42-,43-,44-,45-,46-,47-,48-,49-,50-,51-,52-,60-,61-,62-/m0/s1. The van der Waals surface area contributed by atoms with Gasteiger partial charge in [-0.05, 0) is 119 Å². The Labute approximate surface area is 795 Å². The number of carboxylic acids is 7. The minimum absolute atomic E-state index is 0.0213. The first-order chi connectivity index (χ1) is 63.8. The summed E-state index contributed by atoms with van der Waals surface area (Å²) in [4.78, 5) is 317. The molecule has 33 N–H and O–H groups in total. The van der Waals surface area contributed by atoms with Gasteiger partial charge in [-0.25, -0.2) is 4.79 Å². The van der Waals surface area contributed by atoms with E-state index in [1.807, 2.05) is 21.3 Å². The second kappa shape index (κ2) is 64.2. The van der Waals surface area contributed by atoms with Gasteiger partial charge in [-0.3, -0.25) is 116 Å². The lowest BCUT2D eigenvalue weighted by Gasteiger charge is -2.30. The maximum atomic E-state index is 14.3. The molecule has 0 heterocycles. The summed E-state index contributed by atoms with van der Waals surface area (Å²) in [6, 6.07) is -30.0. The zero-order chi connectivity index (χ0) is 105. The van der Waals surface area contributed by atoms with Crippen molar-refractivity contribution in [2.75, 3.05) is 50.3 Å². The molecule has 0 aromatic heterocycles. The predicted octanol–water partition coefficient (Wildman–Crippen LogP) is -10.2. The normalized spacial score (nSPS) is 15.1. The minimum Gasteiger partial charge on any atom is -0.481 e. The van der Waals surface area contributed by atoms with E-state index in [1.54, 1.807) is 40.2 Å². The van der Waals surface area contributed by atoms with Crippen molar-refractivity contribution < 1.29 is 166 Å². The number of hydrogen-bond donors (Lipinski definition) is 31. The molecule has 0 aromatic rings. The zero-order valence-electron chi connectivity index (χ0n) is 77.8. The molecule has 0 aromatic carbocycles. The van der Waals surface area contributed by atoms with E-state index in [-0.39, 0.29) is 62.5 Å². The lowest BCUT2D eigenvalue weighted by Crippen LogP contribution is -2.63.